The number of carbonyl (C=O) groups excluding carboxylic acids is 2. The van der Waals surface area contributed by atoms with Crippen molar-refractivity contribution in [3.63, 3.8) is 0 Å². The highest BCUT2D eigenvalue weighted by Crippen LogP contribution is 2.40. The number of carbonyl (C=O) groups is 2. The number of nitrogens with zero attached hydrogens (tertiary/aromatic N) is 4. The molecule has 1 aliphatic heterocycles. The monoisotopic (exact) mass is 438 g/mol. The Hall–Kier alpha value is -3.16. The molecule has 0 spiro atoms. The number of pyridine rings is 1. The van der Waals surface area contributed by atoms with Gasteiger partial charge in [0.25, 0.3) is 11.7 Å². The maximum Gasteiger partial charge on any atom is 0.295 e. The van der Waals surface area contributed by atoms with Gasteiger partial charge >= 0.3 is 0 Å². The van der Waals surface area contributed by atoms with Gasteiger partial charge in [-0.25, -0.2) is 4.98 Å². The van der Waals surface area contributed by atoms with Crippen molar-refractivity contribution in [2.24, 2.45) is 0 Å². The fraction of sp³-hybridized carbons (Fsp3) is 0.261. The molecule has 1 aliphatic rings. The molecule has 160 valence electrons. The van der Waals surface area contributed by atoms with E-state index in [1.807, 2.05) is 37.2 Å². The topological polar surface area (TPSA) is 78.1 Å². The third kappa shape index (κ3) is 3.71. The molecular formula is C23H23ClN4O3. The SMILES string of the molecule is Cc1nc2ccccn2c1/C(O)=C1\C(=O)C(=O)N(CCN(C)C)[C@@H]1c1ccc(Cl)cc1. The summed E-state index contributed by atoms with van der Waals surface area (Å²) in [6, 6.07) is 11.7. The largest absolute Gasteiger partial charge is 0.505 e. The number of amides is 1. The highest BCUT2D eigenvalue weighted by Gasteiger charge is 2.46. The van der Waals surface area contributed by atoms with Gasteiger partial charge in [-0.1, -0.05) is 29.8 Å². The number of rotatable bonds is 5. The summed E-state index contributed by atoms with van der Waals surface area (Å²) in [5, 5.41) is 11.9. The number of ketones is 1. The van der Waals surface area contributed by atoms with Crippen LogP contribution in [0.25, 0.3) is 11.4 Å². The molecule has 0 unspecified atom stereocenters. The van der Waals surface area contributed by atoms with Gasteiger partial charge in [-0.3, -0.25) is 14.0 Å². The second-order valence-electron chi connectivity index (χ2n) is 7.82. The van der Waals surface area contributed by atoms with E-state index in [1.54, 1.807) is 41.8 Å². The molecule has 4 rings (SSSR count). The number of hydrogen-bond acceptors (Lipinski definition) is 5. The average molecular weight is 439 g/mol. The van der Waals surface area contributed by atoms with E-state index in [-0.39, 0.29) is 11.3 Å². The summed E-state index contributed by atoms with van der Waals surface area (Å²) in [5.41, 5.74) is 2.37. The van der Waals surface area contributed by atoms with Crippen molar-refractivity contribution in [2.45, 2.75) is 13.0 Å². The predicted octanol–water partition coefficient (Wildman–Crippen LogP) is 3.28. The van der Waals surface area contributed by atoms with Gasteiger partial charge in [0.2, 0.25) is 0 Å². The van der Waals surface area contributed by atoms with Gasteiger partial charge < -0.3 is 14.9 Å². The molecule has 1 fully saturated rings. The van der Waals surface area contributed by atoms with Gasteiger partial charge in [0.05, 0.1) is 17.3 Å². The summed E-state index contributed by atoms with van der Waals surface area (Å²) in [4.78, 5) is 34.0. The lowest BCUT2D eigenvalue weighted by Gasteiger charge is -2.26. The molecule has 31 heavy (non-hydrogen) atoms. The molecule has 2 aromatic heterocycles. The second kappa shape index (κ2) is 8.17. The highest BCUT2D eigenvalue weighted by molar-refractivity contribution is 6.46. The summed E-state index contributed by atoms with van der Waals surface area (Å²) >= 11 is 6.05. The number of halogens is 1. The Bertz CT molecular complexity index is 1200. The summed E-state index contributed by atoms with van der Waals surface area (Å²) in [6.45, 7) is 2.68. The number of fused-ring (bicyclic) bond motifs is 1. The first-order chi connectivity index (χ1) is 14.8. The summed E-state index contributed by atoms with van der Waals surface area (Å²) in [7, 11) is 3.80. The molecule has 0 radical (unpaired) electrons. The van der Waals surface area contributed by atoms with Gasteiger partial charge in [0.15, 0.2) is 5.76 Å². The molecule has 1 amide bonds. The molecule has 1 atom stereocenters. The van der Waals surface area contributed by atoms with E-state index in [2.05, 4.69) is 4.98 Å². The summed E-state index contributed by atoms with van der Waals surface area (Å²) < 4.78 is 1.72. The van der Waals surface area contributed by atoms with E-state index < -0.39 is 17.7 Å². The lowest BCUT2D eigenvalue weighted by molar-refractivity contribution is -0.140. The number of likely N-dealkylation sites (N-methyl/N-ethyl adjacent to an activating group) is 1. The Kier molecular flexibility index (Phi) is 5.56. The van der Waals surface area contributed by atoms with Gasteiger partial charge in [0.1, 0.15) is 11.3 Å². The number of aliphatic hydroxyl groups is 1. The Labute approximate surface area is 185 Å². The third-order valence-corrected chi connectivity index (χ3v) is 5.69. The number of Topliss-reactive ketones (excluding diaryl/α,β-unsaturated/α-hetero) is 1. The maximum absolute atomic E-state index is 13.1. The number of aryl methyl sites for hydroxylation is 1. The Morgan fingerprint density at radius 3 is 2.55 bits per heavy atom. The molecule has 8 heteroatoms. The highest BCUT2D eigenvalue weighted by atomic mass is 35.5. The van der Waals surface area contributed by atoms with E-state index in [0.29, 0.717) is 40.7 Å². The molecule has 3 heterocycles. The fourth-order valence-electron chi connectivity index (χ4n) is 3.94. The van der Waals surface area contributed by atoms with Crippen LogP contribution in [0.3, 0.4) is 0 Å². The first kappa shape index (κ1) is 21.1. The Morgan fingerprint density at radius 1 is 1.16 bits per heavy atom. The zero-order valence-electron chi connectivity index (χ0n) is 17.5. The van der Waals surface area contributed by atoms with Crippen molar-refractivity contribution in [2.75, 3.05) is 27.2 Å². The smallest absolute Gasteiger partial charge is 0.295 e. The van der Waals surface area contributed by atoms with Crippen LogP contribution in [0.5, 0.6) is 0 Å². The van der Waals surface area contributed by atoms with Gasteiger partial charge in [-0.2, -0.15) is 0 Å². The third-order valence-electron chi connectivity index (χ3n) is 5.44. The van der Waals surface area contributed by atoms with Crippen LogP contribution < -0.4 is 0 Å². The minimum atomic E-state index is -0.717. The molecular weight excluding hydrogens is 416 g/mol. The maximum atomic E-state index is 13.1. The Morgan fingerprint density at radius 2 is 1.87 bits per heavy atom. The van der Waals surface area contributed by atoms with Crippen LogP contribution in [0.2, 0.25) is 5.02 Å². The van der Waals surface area contributed by atoms with Crippen molar-refractivity contribution in [1.82, 2.24) is 19.2 Å². The minimum Gasteiger partial charge on any atom is -0.505 e. The lowest BCUT2D eigenvalue weighted by Crippen LogP contribution is -2.35. The van der Waals surface area contributed by atoms with Crippen LogP contribution in [0.4, 0.5) is 0 Å². The van der Waals surface area contributed by atoms with Crippen LogP contribution in [0.15, 0.2) is 54.2 Å². The van der Waals surface area contributed by atoms with Crippen molar-refractivity contribution in [3.8, 4) is 0 Å². The van der Waals surface area contributed by atoms with E-state index >= 15 is 0 Å². The van der Waals surface area contributed by atoms with E-state index in [1.165, 1.54) is 4.90 Å². The van der Waals surface area contributed by atoms with Crippen molar-refractivity contribution in [3.05, 3.63) is 76.2 Å². The predicted molar refractivity (Wildman–Crippen MR) is 119 cm³/mol. The van der Waals surface area contributed by atoms with E-state index in [4.69, 9.17) is 11.6 Å². The molecule has 0 aliphatic carbocycles. The molecule has 7 nitrogen and oxygen atoms in total. The standard InChI is InChI=1S/C23H23ClN4O3/c1-14-19(27-11-5-4-6-17(27)25-14)21(29)18-20(15-7-9-16(24)10-8-15)28(13-12-26(2)3)23(31)22(18)30/h4-11,20,29H,12-13H2,1-3H3/b21-18+/t20-/m1/s1. The number of aliphatic hydroxyl groups excluding tert-OH is 1. The number of likely N-dealkylation sites (tertiary alicyclic amines) is 1. The number of imidazole rings is 1. The molecule has 1 saturated heterocycles. The number of aromatic nitrogens is 2. The van der Waals surface area contributed by atoms with Crippen molar-refractivity contribution in [1.29, 1.82) is 0 Å². The van der Waals surface area contributed by atoms with Crippen LogP contribution >= 0.6 is 11.6 Å². The van der Waals surface area contributed by atoms with Gasteiger partial charge in [-0.15, -0.1) is 0 Å². The van der Waals surface area contributed by atoms with Crippen molar-refractivity contribution >= 4 is 34.7 Å². The first-order valence-corrected chi connectivity index (χ1v) is 10.3. The zero-order chi connectivity index (χ0) is 22.3. The van der Waals surface area contributed by atoms with Gasteiger partial charge in [0, 0.05) is 24.3 Å². The van der Waals surface area contributed by atoms with Crippen LogP contribution in [-0.2, 0) is 9.59 Å². The molecule has 3 aromatic rings. The molecule has 1 aromatic carbocycles. The number of benzene rings is 1. The number of hydrogen-bond donors (Lipinski definition) is 1. The van der Waals surface area contributed by atoms with Crippen molar-refractivity contribution < 1.29 is 14.7 Å². The van der Waals surface area contributed by atoms with Crippen LogP contribution in [-0.4, -0.2) is 63.2 Å². The second-order valence-corrected chi connectivity index (χ2v) is 8.26. The fourth-order valence-corrected chi connectivity index (χ4v) is 4.06. The average Bonchev–Trinajstić information content (AvgIpc) is 3.20. The normalized spacial score (nSPS) is 18.5. The summed E-state index contributed by atoms with van der Waals surface area (Å²) in [6.07, 6.45) is 1.77. The Balaban J connectivity index is 1.92. The quantitative estimate of drug-likeness (QED) is 0.376. The first-order valence-electron chi connectivity index (χ1n) is 9.92. The zero-order valence-corrected chi connectivity index (χ0v) is 18.3. The van der Waals surface area contributed by atoms with E-state index in [9.17, 15) is 14.7 Å². The lowest BCUT2D eigenvalue weighted by atomic mass is 9.96. The molecule has 0 saturated carbocycles. The molecule has 1 N–H and O–H groups in total. The molecule has 0 bridgehead atoms. The van der Waals surface area contributed by atoms with Crippen LogP contribution in [0, 0.1) is 6.92 Å². The summed E-state index contributed by atoms with van der Waals surface area (Å²) in [5.74, 6) is -1.57. The van der Waals surface area contributed by atoms with Crippen LogP contribution in [0.1, 0.15) is 23.0 Å². The minimum absolute atomic E-state index is 0.0554. The van der Waals surface area contributed by atoms with E-state index in [0.717, 1.165) is 0 Å². The van der Waals surface area contributed by atoms with Gasteiger partial charge in [-0.05, 0) is 50.8 Å².